The van der Waals surface area contributed by atoms with E-state index in [0.29, 0.717) is 0 Å². The molecule has 2 amide bonds. The summed E-state index contributed by atoms with van der Waals surface area (Å²) in [7, 11) is 0. The van der Waals surface area contributed by atoms with E-state index in [-0.39, 0.29) is 39.4 Å². The molecule has 0 radical (unpaired) electrons. The van der Waals surface area contributed by atoms with Crippen LogP contribution in [0.3, 0.4) is 0 Å². The second kappa shape index (κ2) is 10.5. The molecule has 0 fully saturated rings. The van der Waals surface area contributed by atoms with E-state index in [2.05, 4.69) is 10.6 Å². The summed E-state index contributed by atoms with van der Waals surface area (Å²) < 4.78 is 0. The van der Waals surface area contributed by atoms with Crippen LogP contribution < -0.4 is 10.6 Å². The first-order valence-electron chi connectivity index (χ1n) is 9.80. The summed E-state index contributed by atoms with van der Waals surface area (Å²) in [5.41, 5.74) is -0.804. The Kier molecular flexibility index (Phi) is 7.27. The van der Waals surface area contributed by atoms with Gasteiger partial charge in [-0.25, -0.2) is 4.79 Å². The maximum atomic E-state index is 13.0. The number of amides is 2. The number of carbonyl (C=O) groups excluding carboxylic acids is 2. The van der Waals surface area contributed by atoms with Crippen molar-refractivity contribution in [3.63, 3.8) is 0 Å². The van der Waals surface area contributed by atoms with Crippen molar-refractivity contribution in [3.8, 4) is 0 Å². The minimum Gasteiger partial charge on any atom is -0.478 e. The molecule has 0 saturated heterocycles. The van der Waals surface area contributed by atoms with Gasteiger partial charge in [0.05, 0.1) is 15.4 Å². The molecular weight excluding hydrogens is 460 g/mol. The molecule has 35 heavy (non-hydrogen) atoms. The fourth-order valence-electron chi connectivity index (χ4n) is 2.94. The minimum atomic E-state index is -1.22. The van der Waals surface area contributed by atoms with Crippen LogP contribution in [0, 0.1) is 20.2 Å². The topological polar surface area (TPSA) is 182 Å². The molecule has 12 heteroatoms. The zero-order chi connectivity index (χ0) is 25.5. The van der Waals surface area contributed by atoms with Gasteiger partial charge in [-0.15, -0.1) is 0 Å². The van der Waals surface area contributed by atoms with E-state index in [9.17, 15) is 34.6 Å². The van der Waals surface area contributed by atoms with Gasteiger partial charge in [0.15, 0.2) is 0 Å². The smallest absolute Gasteiger partial charge is 0.335 e. The molecular formula is C23H16N4O8. The first kappa shape index (κ1) is 24.3. The van der Waals surface area contributed by atoms with Gasteiger partial charge in [-0.2, -0.15) is 0 Å². The molecule has 0 aromatic heterocycles. The van der Waals surface area contributed by atoms with Gasteiger partial charge in [0.25, 0.3) is 23.2 Å². The third-order valence-electron chi connectivity index (χ3n) is 4.57. The van der Waals surface area contributed by atoms with Crippen LogP contribution in [0.1, 0.15) is 26.3 Å². The minimum absolute atomic E-state index is 0.0901. The molecule has 3 rings (SSSR count). The number of non-ortho nitro benzene ring substituents is 2. The van der Waals surface area contributed by atoms with Crippen LogP contribution in [0.2, 0.25) is 0 Å². The number of carboxylic acid groups (broad SMARTS) is 1. The highest BCUT2D eigenvalue weighted by Crippen LogP contribution is 2.18. The molecule has 0 saturated carbocycles. The Morgan fingerprint density at radius 2 is 1.40 bits per heavy atom. The molecule has 0 spiro atoms. The van der Waals surface area contributed by atoms with Crippen LogP contribution in [-0.2, 0) is 4.79 Å². The van der Waals surface area contributed by atoms with E-state index in [0.717, 1.165) is 6.07 Å². The fraction of sp³-hybridized carbons (Fsp3) is 0. The van der Waals surface area contributed by atoms with Crippen LogP contribution in [0.15, 0.2) is 78.5 Å². The van der Waals surface area contributed by atoms with Crippen molar-refractivity contribution >= 4 is 40.9 Å². The van der Waals surface area contributed by atoms with Crippen molar-refractivity contribution in [2.75, 3.05) is 5.32 Å². The number of hydrogen-bond acceptors (Lipinski definition) is 7. The zero-order valence-corrected chi connectivity index (χ0v) is 17.7. The molecule has 0 atom stereocenters. The van der Waals surface area contributed by atoms with Crippen molar-refractivity contribution in [1.82, 2.24) is 5.32 Å². The van der Waals surface area contributed by atoms with E-state index in [1.54, 1.807) is 0 Å². The summed E-state index contributed by atoms with van der Waals surface area (Å²) in [4.78, 5) is 57.7. The number of nitrogens with zero attached hydrogens (tertiary/aromatic N) is 2. The van der Waals surface area contributed by atoms with Crippen LogP contribution in [0.25, 0.3) is 6.08 Å². The number of hydrogen-bond donors (Lipinski definition) is 3. The monoisotopic (exact) mass is 476 g/mol. The summed E-state index contributed by atoms with van der Waals surface area (Å²) >= 11 is 0. The Morgan fingerprint density at radius 1 is 0.800 bits per heavy atom. The molecule has 3 aromatic rings. The summed E-state index contributed by atoms with van der Waals surface area (Å²) in [6, 6.07) is 15.5. The quantitative estimate of drug-likeness (QED) is 0.250. The Morgan fingerprint density at radius 3 is 2.06 bits per heavy atom. The molecule has 0 unspecified atom stereocenters. The number of nitrogens with one attached hydrogen (secondary N) is 2. The number of carbonyl (C=O) groups is 3. The van der Waals surface area contributed by atoms with E-state index in [1.807, 2.05) is 0 Å². The molecule has 0 aliphatic rings. The molecule has 3 aromatic carbocycles. The lowest BCUT2D eigenvalue weighted by atomic mass is 10.1. The third kappa shape index (κ3) is 6.32. The molecule has 0 aliphatic heterocycles. The first-order chi connectivity index (χ1) is 16.6. The van der Waals surface area contributed by atoms with Crippen molar-refractivity contribution in [2.45, 2.75) is 0 Å². The lowest BCUT2D eigenvalue weighted by molar-refractivity contribution is -0.385. The highest BCUT2D eigenvalue weighted by atomic mass is 16.6. The Bertz CT molecular complexity index is 1380. The summed E-state index contributed by atoms with van der Waals surface area (Å²) in [5, 5.41) is 36.0. The van der Waals surface area contributed by atoms with Crippen LogP contribution in [0.5, 0.6) is 0 Å². The fourth-order valence-corrected chi connectivity index (χ4v) is 2.94. The molecule has 3 N–H and O–H groups in total. The second-order valence-corrected chi connectivity index (χ2v) is 7.01. The summed E-state index contributed by atoms with van der Waals surface area (Å²) in [6.45, 7) is 0. The predicted molar refractivity (Wildman–Crippen MR) is 124 cm³/mol. The van der Waals surface area contributed by atoms with Crippen molar-refractivity contribution in [3.05, 3.63) is 115 Å². The number of aromatic carboxylic acids is 1. The number of nitro benzene ring substituents is 2. The van der Waals surface area contributed by atoms with Crippen molar-refractivity contribution < 1.29 is 29.3 Å². The standard InChI is InChI=1S/C23H16N4O8/c28-21(15-5-3-9-19(13-15)27(34)35)25-20(11-14-4-1-8-18(10-14)26(32)33)22(29)24-17-7-2-6-16(12-17)23(30)31/h1-13H,(H,24,29)(H,25,28)(H,30,31)/b20-11-. The van der Waals surface area contributed by atoms with E-state index in [4.69, 9.17) is 5.11 Å². The van der Waals surface area contributed by atoms with Crippen LogP contribution in [-0.4, -0.2) is 32.7 Å². The van der Waals surface area contributed by atoms with Crippen LogP contribution in [0.4, 0.5) is 17.1 Å². The second-order valence-electron chi connectivity index (χ2n) is 7.01. The van der Waals surface area contributed by atoms with E-state index in [1.165, 1.54) is 72.8 Å². The SMILES string of the molecule is O=C(Nc1cccc(C(=O)O)c1)/C(=C/c1cccc([N+](=O)[O-])c1)NC(=O)c1cccc([N+](=O)[O-])c1. The summed E-state index contributed by atoms with van der Waals surface area (Å²) in [6.07, 6.45) is 1.18. The van der Waals surface area contributed by atoms with E-state index < -0.39 is 27.6 Å². The van der Waals surface area contributed by atoms with Crippen molar-refractivity contribution in [2.24, 2.45) is 0 Å². The predicted octanol–water partition coefficient (Wildman–Crippen LogP) is 3.61. The van der Waals surface area contributed by atoms with Gasteiger partial charge in [0.2, 0.25) is 0 Å². The maximum absolute atomic E-state index is 13.0. The van der Waals surface area contributed by atoms with Crippen molar-refractivity contribution in [1.29, 1.82) is 0 Å². The number of anilines is 1. The van der Waals surface area contributed by atoms with Crippen LogP contribution >= 0.6 is 0 Å². The maximum Gasteiger partial charge on any atom is 0.335 e. The zero-order valence-electron chi connectivity index (χ0n) is 17.7. The molecule has 176 valence electrons. The number of carboxylic acids is 1. The molecule has 12 nitrogen and oxygen atoms in total. The average Bonchev–Trinajstić information content (AvgIpc) is 2.83. The lowest BCUT2D eigenvalue weighted by Gasteiger charge is -2.12. The molecule has 0 aliphatic carbocycles. The number of nitro groups is 2. The van der Waals surface area contributed by atoms with E-state index >= 15 is 0 Å². The van der Waals surface area contributed by atoms with Gasteiger partial charge >= 0.3 is 5.97 Å². The number of rotatable bonds is 8. The lowest BCUT2D eigenvalue weighted by Crippen LogP contribution is -2.30. The van der Waals surface area contributed by atoms with Gasteiger partial charge in [-0.05, 0) is 35.9 Å². The highest BCUT2D eigenvalue weighted by molar-refractivity contribution is 6.11. The highest BCUT2D eigenvalue weighted by Gasteiger charge is 2.18. The Hall–Kier alpha value is -5.39. The van der Waals surface area contributed by atoms with Gasteiger partial charge in [0.1, 0.15) is 5.70 Å². The summed E-state index contributed by atoms with van der Waals surface area (Å²) in [5.74, 6) is -2.93. The average molecular weight is 476 g/mol. The Balaban J connectivity index is 1.96. The largest absolute Gasteiger partial charge is 0.478 e. The van der Waals surface area contributed by atoms with Gasteiger partial charge in [-0.3, -0.25) is 29.8 Å². The third-order valence-corrected chi connectivity index (χ3v) is 4.57. The van der Waals surface area contributed by atoms with Gasteiger partial charge in [-0.1, -0.05) is 24.3 Å². The number of benzene rings is 3. The Labute approximate surface area is 196 Å². The normalized spacial score (nSPS) is 10.8. The first-order valence-corrected chi connectivity index (χ1v) is 9.80. The van der Waals surface area contributed by atoms with Gasteiger partial charge in [0, 0.05) is 35.5 Å². The molecule has 0 heterocycles. The van der Waals surface area contributed by atoms with Gasteiger partial charge < -0.3 is 15.7 Å². The molecule has 0 bridgehead atoms.